The number of furan rings is 2. The molecule has 72 heavy (non-hydrogen) atoms. The fourth-order valence-corrected chi connectivity index (χ4v) is 12.5. The molecular weight excluding hydrogens is 878 g/mol. The fraction of sp³-hybridized carbons (Fsp3) is 0. The Morgan fingerprint density at radius 3 is 1.35 bits per heavy atom. The monoisotopic (exact) mass is 917 g/mol. The van der Waals surface area contributed by atoms with Crippen molar-refractivity contribution in [2.24, 2.45) is 0 Å². The van der Waals surface area contributed by atoms with E-state index >= 15 is 0 Å². The Balaban J connectivity index is 1.03. The van der Waals surface area contributed by atoms with Gasteiger partial charge in [0, 0.05) is 71.9 Å². The van der Waals surface area contributed by atoms with Gasteiger partial charge in [0.2, 0.25) is 0 Å². The lowest BCUT2D eigenvalue weighted by atomic mass is 9.33. The second-order valence-electron chi connectivity index (χ2n) is 19.1. The van der Waals surface area contributed by atoms with Crippen LogP contribution < -0.4 is 26.2 Å². The Kier molecular flexibility index (Phi) is 8.19. The zero-order chi connectivity index (χ0) is 47.0. The molecule has 0 amide bonds. The lowest BCUT2D eigenvalue weighted by Crippen LogP contribution is -2.61. The van der Waals surface area contributed by atoms with Crippen molar-refractivity contribution in [1.29, 1.82) is 0 Å². The molecule has 0 radical (unpaired) electrons. The summed E-state index contributed by atoms with van der Waals surface area (Å²) in [5.74, 6) is 0. The first-order valence-electron chi connectivity index (χ1n) is 24.7. The lowest BCUT2D eigenvalue weighted by Gasteiger charge is -2.45. The number of fused-ring (bicyclic) bond motifs is 13. The first kappa shape index (κ1) is 39.3. The maximum absolute atomic E-state index is 6.67. The molecule has 0 saturated heterocycles. The van der Waals surface area contributed by atoms with Gasteiger partial charge in [-0.2, -0.15) is 0 Å². The van der Waals surface area contributed by atoms with Gasteiger partial charge in [-0.3, -0.25) is 0 Å². The van der Waals surface area contributed by atoms with E-state index < -0.39 is 0 Å². The van der Waals surface area contributed by atoms with Crippen molar-refractivity contribution in [2.75, 3.05) is 9.80 Å². The molecule has 11 aromatic carbocycles. The summed E-state index contributed by atoms with van der Waals surface area (Å²) in [6.45, 7) is -0.0839. The Hall–Kier alpha value is -9.52. The van der Waals surface area contributed by atoms with Crippen molar-refractivity contribution in [3.63, 3.8) is 0 Å². The summed E-state index contributed by atoms with van der Waals surface area (Å²) in [6, 6.07) is 88.2. The maximum Gasteiger partial charge on any atom is 0.252 e. The van der Waals surface area contributed by atoms with Crippen LogP contribution in [0, 0.1) is 0 Å². The normalized spacial score (nSPS) is 12.9. The highest BCUT2D eigenvalue weighted by molar-refractivity contribution is 7.00. The molecule has 5 nitrogen and oxygen atoms in total. The van der Waals surface area contributed by atoms with Gasteiger partial charge in [0.1, 0.15) is 22.3 Å². The van der Waals surface area contributed by atoms with Gasteiger partial charge in [-0.15, -0.1) is 0 Å². The van der Waals surface area contributed by atoms with Crippen molar-refractivity contribution in [3.05, 3.63) is 243 Å². The summed E-state index contributed by atoms with van der Waals surface area (Å²) >= 11 is 0. The molecule has 16 rings (SSSR count). The second-order valence-corrected chi connectivity index (χ2v) is 19.1. The van der Waals surface area contributed by atoms with Gasteiger partial charge in [-0.25, -0.2) is 0 Å². The minimum Gasteiger partial charge on any atom is -0.456 e. The standard InChI is InChI=1S/C66H40BN3O2/c1-3-18-41(19-4-1)62-53(36-38-60-64(62)46-24-9-15-32-58(46)71-60)69-52-29-14-11-26-48(52)67-49-35-34-43(68-50-27-12-7-22-44(50)45-23-8-13-28-51(45)68)40-57(49)70(56-31-17-30-55(69)66(56)67)54-37-39-61-65(47-25-10-16-33-59(47)72-61)63(54)42-20-5-2-6-21-42/h1-40H. The van der Waals surface area contributed by atoms with Crippen molar-refractivity contribution < 1.29 is 8.83 Å². The van der Waals surface area contributed by atoms with E-state index in [0.29, 0.717) is 0 Å². The van der Waals surface area contributed by atoms with Crippen LogP contribution >= 0.6 is 0 Å². The van der Waals surface area contributed by atoms with Crippen LogP contribution in [0.4, 0.5) is 34.1 Å². The van der Waals surface area contributed by atoms with Crippen LogP contribution in [0.1, 0.15) is 0 Å². The molecule has 0 bridgehead atoms. The third kappa shape index (κ3) is 5.43. The van der Waals surface area contributed by atoms with E-state index in [-0.39, 0.29) is 6.71 Å². The average molecular weight is 918 g/mol. The molecule has 2 aliphatic heterocycles. The predicted octanol–water partition coefficient (Wildman–Crippen LogP) is 16.0. The molecule has 0 spiro atoms. The van der Waals surface area contributed by atoms with Crippen LogP contribution in [0.15, 0.2) is 251 Å². The highest BCUT2D eigenvalue weighted by Gasteiger charge is 2.44. The van der Waals surface area contributed by atoms with Crippen LogP contribution in [-0.2, 0) is 0 Å². The Morgan fingerprint density at radius 1 is 0.306 bits per heavy atom. The summed E-state index contributed by atoms with van der Waals surface area (Å²) in [5, 5.41) is 6.87. The molecular formula is C66H40BN3O2. The zero-order valence-electron chi connectivity index (χ0n) is 38.8. The van der Waals surface area contributed by atoms with E-state index in [1.54, 1.807) is 0 Å². The van der Waals surface area contributed by atoms with E-state index in [1.807, 2.05) is 0 Å². The third-order valence-corrected chi connectivity index (χ3v) is 15.4. The fourth-order valence-electron chi connectivity index (χ4n) is 12.5. The number of hydrogen-bond acceptors (Lipinski definition) is 4. The molecule has 0 saturated carbocycles. The smallest absolute Gasteiger partial charge is 0.252 e. The minimum atomic E-state index is -0.0839. The largest absolute Gasteiger partial charge is 0.456 e. The van der Waals surface area contributed by atoms with Crippen molar-refractivity contribution in [1.82, 2.24) is 4.57 Å². The molecule has 3 aromatic heterocycles. The molecule has 0 fully saturated rings. The van der Waals surface area contributed by atoms with E-state index in [0.717, 1.165) is 106 Å². The first-order valence-corrected chi connectivity index (χ1v) is 24.7. The molecule has 334 valence electrons. The first-order chi connectivity index (χ1) is 35.8. The van der Waals surface area contributed by atoms with Gasteiger partial charge >= 0.3 is 0 Å². The van der Waals surface area contributed by atoms with Crippen LogP contribution in [0.5, 0.6) is 0 Å². The van der Waals surface area contributed by atoms with Crippen LogP contribution in [0.2, 0.25) is 0 Å². The summed E-state index contributed by atoms with van der Waals surface area (Å²) in [5.41, 5.74) is 21.9. The summed E-state index contributed by atoms with van der Waals surface area (Å²) in [6.07, 6.45) is 0. The van der Waals surface area contributed by atoms with Gasteiger partial charge in [-0.1, -0.05) is 164 Å². The number of rotatable bonds is 5. The second kappa shape index (κ2) is 15.0. The number of hydrogen-bond donors (Lipinski definition) is 0. The number of para-hydroxylation sites is 5. The number of anilines is 6. The highest BCUT2D eigenvalue weighted by atomic mass is 16.3. The molecule has 0 aliphatic carbocycles. The number of nitrogens with zero attached hydrogens (tertiary/aromatic N) is 3. The minimum absolute atomic E-state index is 0.0839. The molecule has 0 atom stereocenters. The van der Waals surface area contributed by atoms with Crippen molar-refractivity contribution in [2.45, 2.75) is 0 Å². The molecule has 14 aromatic rings. The molecule has 5 heterocycles. The van der Waals surface area contributed by atoms with Crippen LogP contribution in [-0.4, -0.2) is 11.3 Å². The lowest BCUT2D eigenvalue weighted by molar-refractivity contribution is 0.668. The molecule has 6 heteroatoms. The van der Waals surface area contributed by atoms with E-state index in [2.05, 4.69) is 257 Å². The Labute approximate surface area is 414 Å². The topological polar surface area (TPSA) is 37.7 Å². The van der Waals surface area contributed by atoms with E-state index in [4.69, 9.17) is 8.83 Å². The Morgan fingerprint density at radius 2 is 0.764 bits per heavy atom. The Bertz CT molecular complexity index is 4500. The van der Waals surface area contributed by atoms with Gasteiger partial charge in [0.05, 0.1) is 22.4 Å². The maximum atomic E-state index is 6.67. The number of aromatic nitrogens is 1. The van der Waals surface area contributed by atoms with Gasteiger partial charge in [0.25, 0.3) is 6.71 Å². The van der Waals surface area contributed by atoms with E-state index in [9.17, 15) is 0 Å². The summed E-state index contributed by atoms with van der Waals surface area (Å²) < 4.78 is 15.7. The van der Waals surface area contributed by atoms with Crippen molar-refractivity contribution in [3.8, 4) is 27.9 Å². The van der Waals surface area contributed by atoms with Gasteiger partial charge in [-0.05, 0) is 106 Å². The van der Waals surface area contributed by atoms with E-state index in [1.165, 1.54) is 38.2 Å². The molecule has 0 N–H and O–H groups in total. The summed E-state index contributed by atoms with van der Waals surface area (Å²) in [4.78, 5) is 5.08. The van der Waals surface area contributed by atoms with Gasteiger partial charge in [0.15, 0.2) is 0 Å². The summed E-state index contributed by atoms with van der Waals surface area (Å²) in [7, 11) is 0. The van der Waals surface area contributed by atoms with Crippen molar-refractivity contribution >= 4 is 123 Å². The predicted molar refractivity (Wildman–Crippen MR) is 300 cm³/mol. The van der Waals surface area contributed by atoms with Gasteiger partial charge < -0.3 is 23.2 Å². The SMILES string of the molecule is c1ccc(-c2c(N3c4ccccc4B4c5ccc(-n6c7ccccc7c7ccccc76)cc5N(c5ccc6oc7ccccc7c6c5-c5ccccc5)c5cccc3c54)ccc3oc4ccccc4c23)cc1. The highest BCUT2D eigenvalue weighted by Crippen LogP contribution is 2.52. The van der Waals surface area contributed by atoms with Crippen LogP contribution in [0.25, 0.3) is 93.6 Å². The number of benzene rings is 11. The zero-order valence-corrected chi connectivity index (χ0v) is 38.8. The quantitative estimate of drug-likeness (QED) is 0.161. The molecule has 2 aliphatic rings. The third-order valence-electron chi connectivity index (χ3n) is 15.4. The van der Waals surface area contributed by atoms with Crippen LogP contribution in [0.3, 0.4) is 0 Å². The molecule has 0 unspecified atom stereocenters. The average Bonchev–Trinajstić information content (AvgIpc) is 4.13.